The van der Waals surface area contributed by atoms with E-state index < -0.39 is 17.3 Å². The Bertz CT molecular complexity index is 695. The van der Waals surface area contributed by atoms with Crippen LogP contribution in [0.2, 0.25) is 0 Å². The van der Waals surface area contributed by atoms with Crippen LogP contribution in [0.4, 0.5) is 0 Å². The predicted molar refractivity (Wildman–Crippen MR) is 84.2 cm³/mol. The lowest BCUT2D eigenvalue weighted by Gasteiger charge is -2.48. The molecule has 0 radical (unpaired) electrons. The Labute approximate surface area is 135 Å². The quantitative estimate of drug-likeness (QED) is 0.781. The molecule has 5 unspecified atom stereocenters. The minimum absolute atomic E-state index is 0.0510. The van der Waals surface area contributed by atoms with E-state index in [4.69, 9.17) is 0 Å². The predicted octanol–water partition coefficient (Wildman–Crippen LogP) is 3.13. The van der Waals surface area contributed by atoms with E-state index in [2.05, 4.69) is 0 Å². The maximum atomic E-state index is 12.7. The number of rotatable bonds is 1. The van der Waals surface area contributed by atoms with Crippen molar-refractivity contribution < 1.29 is 19.8 Å². The smallest absolute Gasteiger partial charge is 0.314 e. The molecule has 122 valence electrons. The van der Waals surface area contributed by atoms with E-state index in [0.29, 0.717) is 24.0 Å². The molecule has 1 aromatic carbocycles. The van der Waals surface area contributed by atoms with Gasteiger partial charge in [0.1, 0.15) is 11.7 Å². The van der Waals surface area contributed by atoms with Crippen LogP contribution in [0.3, 0.4) is 0 Å². The molecule has 4 heteroatoms. The number of carbonyl (C=O) groups excluding carboxylic acids is 1. The number of phenols is 1. The van der Waals surface area contributed by atoms with Gasteiger partial charge in [-0.25, -0.2) is 0 Å². The number of hydrogen-bond acceptors (Lipinski definition) is 3. The van der Waals surface area contributed by atoms with E-state index in [1.54, 1.807) is 6.07 Å². The number of aryl methyl sites for hydroxylation is 1. The molecule has 0 saturated heterocycles. The largest absolute Gasteiger partial charge is 0.508 e. The van der Waals surface area contributed by atoms with Gasteiger partial charge < -0.3 is 10.2 Å². The molecule has 2 fully saturated rings. The van der Waals surface area contributed by atoms with Gasteiger partial charge in [0.15, 0.2) is 5.78 Å². The third-order valence-corrected chi connectivity index (χ3v) is 6.77. The lowest BCUT2D eigenvalue weighted by Crippen LogP contribution is -2.42. The first-order chi connectivity index (χ1) is 10.9. The highest BCUT2D eigenvalue weighted by Crippen LogP contribution is 2.60. The summed E-state index contributed by atoms with van der Waals surface area (Å²) < 4.78 is 0. The van der Waals surface area contributed by atoms with Crippen molar-refractivity contribution in [1.29, 1.82) is 0 Å². The molecule has 1 aromatic rings. The zero-order valence-electron chi connectivity index (χ0n) is 13.3. The molecule has 4 nitrogen and oxygen atoms in total. The summed E-state index contributed by atoms with van der Waals surface area (Å²) in [7, 11) is 0. The highest BCUT2D eigenvalue weighted by atomic mass is 16.4. The fraction of sp³-hybridized carbons (Fsp3) is 0.579. The third kappa shape index (κ3) is 1.97. The number of ketones is 1. The van der Waals surface area contributed by atoms with E-state index in [1.807, 2.05) is 19.1 Å². The van der Waals surface area contributed by atoms with Gasteiger partial charge in [-0.05, 0) is 73.1 Å². The maximum Gasteiger partial charge on any atom is 0.314 e. The summed E-state index contributed by atoms with van der Waals surface area (Å²) in [6.45, 7) is 1.99. The molecular weight excluding hydrogens is 292 g/mol. The van der Waals surface area contributed by atoms with Gasteiger partial charge in [0.2, 0.25) is 0 Å². The first-order valence-corrected chi connectivity index (χ1v) is 8.50. The first kappa shape index (κ1) is 14.7. The van der Waals surface area contributed by atoms with E-state index in [9.17, 15) is 19.8 Å². The molecule has 4 rings (SSSR count). The van der Waals surface area contributed by atoms with Crippen molar-refractivity contribution in [2.45, 2.75) is 44.9 Å². The van der Waals surface area contributed by atoms with Gasteiger partial charge in [0.05, 0.1) is 0 Å². The van der Waals surface area contributed by atoms with Crippen molar-refractivity contribution in [3.63, 3.8) is 0 Å². The van der Waals surface area contributed by atoms with E-state index in [1.165, 1.54) is 11.1 Å². The van der Waals surface area contributed by atoms with Crippen LogP contribution in [-0.2, 0) is 16.0 Å². The first-order valence-electron chi connectivity index (χ1n) is 8.50. The van der Waals surface area contributed by atoms with Crippen molar-refractivity contribution in [2.75, 3.05) is 0 Å². The molecule has 2 saturated carbocycles. The number of aromatic hydroxyl groups is 1. The van der Waals surface area contributed by atoms with Crippen LogP contribution >= 0.6 is 0 Å². The topological polar surface area (TPSA) is 74.6 Å². The number of carbonyl (C=O) groups is 2. The Balaban J connectivity index is 1.71. The van der Waals surface area contributed by atoms with Crippen molar-refractivity contribution in [1.82, 2.24) is 0 Å². The minimum Gasteiger partial charge on any atom is -0.508 e. The Kier molecular flexibility index (Phi) is 3.09. The number of carboxylic acids is 1. The van der Waals surface area contributed by atoms with Gasteiger partial charge in [-0.3, -0.25) is 9.59 Å². The van der Waals surface area contributed by atoms with Crippen LogP contribution in [-0.4, -0.2) is 22.0 Å². The van der Waals surface area contributed by atoms with Gasteiger partial charge in [0, 0.05) is 5.41 Å². The second-order valence-electron chi connectivity index (χ2n) is 7.75. The van der Waals surface area contributed by atoms with Crippen LogP contribution in [0.1, 0.15) is 49.7 Å². The van der Waals surface area contributed by atoms with Crippen molar-refractivity contribution in [2.24, 2.45) is 23.2 Å². The van der Waals surface area contributed by atoms with E-state index in [0.717, 1.165) is 25.7 Å². The zero-order valence-corrected chi connectivity index (χ0v) is 13.3. The zero-order chi connectivity index (χ0) is 16.4. The Hall–Kier alpha value is -1.84. The summed E-state index contributed by atoms with van der Waals surface area (Å²) in [6, 6.07) is 5.63. The van der Waals surface area contributed by atoms with E-state index in [-0.39, 0.29) is 11.7 Å². The van der Waals surface area contributed by atoms with Crippen molar-refractivity contribution >= 4 is 11.8 Å². The molecule has 3 aliphatic carbocycles. The van der Waals surface area contributed by atoms with E-state index >= 15 is 0 Å². The fourth-order valence-electron chi connectivity index (χ4n) is 5.60. The van der Waals surface area contributed by atoms with Gasteiger partial charge in [0.25, 0.3) is 0 Å². The molecule has 0 bridgehead atoms. The summed E-state index contributed by atoms with van der Waals surface area (Å²) >= 11 is 0. The molecule has 0 spiro atoms. The number of Topliss-reactive ketones (excluding diaryl/α,β-unsaturated/α-hetero) is 1. The molecule has 5 atom stereocenters. The van der Waals surface area contributed by atoms with Crippen LogP contribution in [0.5, 0.6) is 5.75 Å². The highest BCUT2D eigenvalue weighted by Gasteiger charge is 2.59. The average Bonchev–Trinajstić information content (AvgIpc) is 2.79. The van der Waals surface area contributed by atoms with Crippen LogP contribution in [0.25, 0.3) is 0 Å². The number of hydrogen-bond donors (Lipinski definition) is 2. The molecule has 0 amide bonds. The summed E-state index contributed by atoms with van der Waals surface area (Å²) in [5.74, 6) is -0.545. The number of phenolic OH excluding ortho intramolecular Hbond substituents is 1. The fourth-order valence-corrected chi connectivity index (χ4v) is 5.60. The van der Waals surface area contributed by atoms with Gasteiger partial charge >= 0.3 is 5.97 Å². The monoisotopic (exact) mass is 314 g/mol. The number of benzene rings is 1. The summed E-state index contributed by atoms with van der Waals surface area (Å²) in [5.41, 5.74) is 2.06. The summed E-state index contributed by atoms with van der Waals surface area (Å²) in [4.78, 5) is 24.1. The summed E-state index contributed by atoms with van der Waals surface area (Å²) in [5, 5.41) is 19.1. The van der Waals surface area contributed by atoms with Gasteiger partial charge in [-0.1, -0.05) is 13.0 Å². The third-order valence-electron chi connectivity index (χ3n) is 6.77. The molecule has 2 N–H and O–H groups in total. The Morgan fingerprint density at radius 2 is 2.09 bits per heavy atom. The second-order valence-corrected chi connectivity index (χ2v) is 7.75. The van der Waals surface area contributed by atoms with Crippen LogP contribution in [0.15, 0.2) is 18.2 Å². The molecule has 0 aromatic heterocycles. The molecule has 0 aliphatic heterocycles. The average molecular weight is 314 g/mol. The van der Waals surface area contributed by atoms with Crippen LogP contribution in [0, 0.1) is 23.2 Å². The maximum absolute atomic E-state index is 12.7. The Morgan fingerprint density at radius 3 is 2.83 bits per heavy atom. The van der Waals surface area contributed by atoms with Gasteiger partial charge in [-0.15, -0.1) is 0 Å². The minimum atomic E-state index is -0.955. The molecule has 0 heterocycles. The number of carboxylic acid groups (broad SMARTS) is 1. The Morgan fingerprint density at radius 1 is 1.30 bits per heavy atom. The number of aliphatic carboxylic acids is 1. The van der Waals surface area contributed by atoms with Gasteiger partial charge in [-0.2, -0.15) is 0 Å². The van der Waals surface area contributed by atoms with Crippen molar-refractivity contribution in [3.05, 3.63) is 29.3 Å². The molecule has 3 aliphatic rings. The highest BCUT2D eigenvalue weighted by molar-refractivity contribution is 6.03. The second kappa shape index (κ2) is 4.83. The lowest BCUT2D eigenvalue weighted by molar-refractivity contribution is -0.147. The summed E-state index contributed by atoms with van der Waals surface area (Å²) in [6.07, 6.45) is 4.11. The molecular formula is C19H22O4. The normalized spacial score (nSPS) is 38.6. The number of fused-ring (bicyclic) bond motifs is 5. The lowest BCUT2D eigenvalue weighted by atomic mass is 9.55. The SMILES string of the molecule is CC12CCC3c4ccc(O)cc4CCC3C1CC(C(=O)O)C2=O. The standard InChI is InChI=1S/C19H22O4/c1-19-7-6-13-12-5-3-11(20)8-10(12)2-4-14(13)16(19)9-15(17(19)21)18(22)23/h3,5,8,13-16,20H,2,4,6-7,9H2,1H3,(H,22,23). The molecule has 23 heavy (non-hydrogen) atoms. The van der Waals surface area contributed by atoms with Crippen LogP contribution < -0.4 is 0 Å². The van der Waals surface area contributed by atoms with Crippen molar-refractivity contribution in [3.8, 4) is 5.75 Å².